The van der Waals surface area contributed by atoms with E-state index >= 15 is 0 Å². The predicted molar refractivity (Wildman–Crippen MR) is 67.6 cm³/mol. The number of H-pyrrole nitrogens is 1. The second-order valence-electron chi connectivity index (χ2n) is 3.93. The molecule has 84 valence electrons. The van der Waals surface area contributed by atoms with E-state index in [1.54, 1.807) is 24.4 Å². The molecule has 4 N–H and O–H groups in total. The number of phenolic OH excluding ortho intramolecular Hbond substituents is 1. The molecule has 0 unspecified atom stereocenters. The van der Waals surface area contributed by atoms with Gasteiger partial charge in [-0.15, -0.1) is 0 Å². The average molecular weight is 225 g/mol. The van der Waals surface area contributed by atoms with E-state index in [-0.39, 0.29) is 5.75 Å². The van der Waals surface area contributed by atoms with Crippen LogP contribution in [0.3, 0.4) is 0 Å². The van der Waals surface area contributed by atoms with E-state index in [0.29, 0.717) is 5.82 Å². The summed E-state index contributed by atoms with van der Waals surface area (Å²) in [6.45, 7) is 0. The molecular formula is C13H11N3O. The number of aromatic nitrogens is 2. The number of pyridine rings is 1. The topological polar surface area (TPSA) is 74.9 Å². The van der Waals surface area contributed by atoms with Crippen molar-refractivity contribution in [3.8, 4) is 17.0 Å². The second-order valence-corrected chi connectivity index (χ2v) is 3.93. The van der Waals surface area contributed by atoms with Crippen molar-refractivity contribution in [2.45, 2.75) is 0 Å². The molecule has 2 aromatic heterocycles. The van der Waals surface area contributed by atoms with Gasteiger partial charge in [-0.2, -0.15) is 0 Å². The highest BCUT2D eigenvalue weighted by molar-refractivity contribution is 5.86. The Balaban J connectivity index is 2.14. The molecule has 0 aliphatic heterocycles. The van der Waals surface area contributed by atoms with Crippen LogP contribution in [-0.2, 0) is 0 Å². The fraction of sp³-hybridized carbons (Fsp3) is 0. The van der Waals surface area contributed by atoms with Crippen LogP contribution in [0.15, 0.2) is 42.6 Å². The maximum absolute atomic E-state index is 9.40. The summed E-state index contributed by atoms with van der Waals surface area (Å²) < 4.78 is 0. The van der Waals surface area contributed by atoms with Gasteiger partial charge in [-0.05, 0) is 30.3 Å². The van der Waals surface area contributed by atoms with Crippen LogP contribution in [0.25, 0.3) is 22.2 Å². The number of nitrogens with two attached hydrogens (primary N) is 1. The number of benzene rings is 1. The number of nitrogens with one attached hydrogen (secondary N) is 1. The molecule has 3 rings (SSSR count). The highest BCUT2D eigenvalue weighted by Crippen LogP contribution is 2.26. The summed E-state index contributed by atoms with van der Waals surface area (Å²) in [5.41, 5.74) is 8.37. The van der Waals surface area contributed by atoms with E-state index in [1.807, 2.05) is 18.2 Å². The van der Waals surface area contributed by atoms with Crippen molar-refractivity contribution >= 4 is 16.7 Å². The molecule has 0 amide bonds. The van der Waals surface area contributed by atoms with Crippen LogP contribution >= 0.6 is 0 Å². The largest absolute Gasteiger partial charge is 0.508 e. The molecule has 0 saturated heterocycles. The van der Waals surface area contributed by atoms with Crippen LogP contribution in [-0.4, -0.2) is 15.1 Å². The normalized spacial score (nSPS) is 10.8. The number of hydrogen-bond acceptors (Lipinski definition) is 3. The van der Waals surface area contributed by atoms with Crippen LogP contribution < -0.4 is 5.73 Å². The number of aromatic hydroxyl groups is 1. The van der Waals surface area contributed by atoms with E-state index in [2.05, 4.69) is 9.97 Å². The van der Waals surface area contributed by atoms with Gasteiger partial charge in [0.2, 0.25) is 0 Å². The Kier molecular flexibility index (Phi) is 2.01. The summed E-state index contributed by atoms with van der Waals surface area (Å²) in [5.74, 6) is 0.754. The highest BCUT2D eigenvalue weighted by Gasteiger charge is 2.04. The smallest absolute Gasteiger partial charge is 0.123 e. The monoisotopic (exact) mass is 225 g/mol. The molecule has 0 atom stereocenters. The van der Waals surface area contributed by atoms with Gasteiger partial charge in [0, 0.05) is 34.4 Å². The van der Waals surface area contributed by atoms with Crippen molar-refractivity contribution in [3.63, 3.8) is 0 Å². The fourth-order valence-electron chi connectivity index (χ4n) is 1.84. The van der Waals surface area contributed by atoms with E-state index in [1.165, 1.54) is 0 Å². The Morgan fingerprint density at radius 2 is 2.00 bits per heavy atom. The van der Waals surface area contributed by atoms with Crippen LogP contribution in [0.1, 0.15) is 0 Å². The summed E-state index contributed by atoms with van der Waals surface area (Å²) in [6.07, 6.45) is 1.72. The lowest BCUT2D eigenvalue weighted by Crippen LogP contribution is -1.88. The van der Waals surface area contributed by atoms with Crippen LogP contribution in [0.4, 0.5) is 5.82 Å². The number of rotatable bonds is 1. The molecule has 0 fully saturated rings. The number of hydrogen-bond donors (Lipinski definition) is 3. The fourth-order valence-corrected chi connectivity index (χ4v) is 1.84. The van der Waals surface area contributed by atoms with Gasteiger partial charge in [0.1, 0.15) is 11.6 Å². The molecule has 0 aliphatic rings. The maximum Gasteiger partial charge on any atom is 0.123 e. The number of fused-ring (bicyclic) bond motifs is 1. The summed E-state index contributed by atoms with van der Waals surface area (Å²) in [7, 11) is 0. The summed E-state index contributed by atoms with van der Waals surface area (Å²) in [4.78, 5) is 7.28. The van der Waals surface area contributed by atoms with Gasteiger partial charge < -0.3 is 15.8 Å². The number of anilines is 1. The molecule has 1 aromatic carbocycles. The van der Waals surface area contributed by atoms with E-state index < -0.39 is 0 Å². The third kappa shape index (κ3) is 1.69. The Labute approximate surface area is 97.7 Å². The maximum atomic E-state index is 9.40. The minimum absolute atomic E-state index is 0.251. The van der Waals surface area contributed by atoms with Gasteiger partial charge in [-0.25, -0.2) is 4.98 Å². The van der Waals surface area contributed by atoms with Gasteiger partial charge in [-0.3, -0.25) is 0 Å². The Morgan fingerprint density at radius 3 is 2.76 bits per heavy atom. The van der Waals surface area contributed by atoms with E-state index in [9.17, 15) is 5.11 Å². The Bertz CT molecular complexity index is 671. The highest BCUT2D eigenvalue weighted by atomic mass is 16.3. The molecule has 0 radical (unpaired) electrons. The number of nitrogen functional groups attached to an aromatic ring is 1. The van der Waals surface area contributed by atoms with Crippen LogP contribution in [0.5, 0.6) is 5.75 Å². The summed E-state index contributed by atoms with van der Waals surface area (Å²) in [5, 5.41) is 10.4. The van der Waals surface area contributed by atoms with E-state index in [0.717, 1.165) is 22.2 Å². The van der Waals surface area contributed by atoms with Crippen molar-refractivity contribution in [1.82, 2.24) is 9.97 Å². The van der Waals surface area contributed by atoms with Gasteiger partial charge in [0.15, 0.2) is 0 Å². The quantitative estimate of drug-likeness (QED) is 0.595. The Hall–Kier alpha value is -2.49. The zero-order chi connectivity index (χ0) is 11.8. The molecule has 4 nitrogen and oxygen atoms in total. The average Bonchev–Trinajstić information content (AvgIpc) is 2.72. The standard InChI is InChI=1S/C13H11N3O/c14-13-4-2-9(7-15-13)11-5-8-1-3-10(17)6-12(8)16-11/h1-7,16-17H,(H2,14,15). The second kappa shape index (κ2) is 3.52. The molecule has 4 heteroatoms. The lowest BCUT2D eigenvalue weighted by molar-refractivity contribution is 0.476. The molecule has 0 spiro atoms. The van der Waals surface area contributed by atoms with E-state index in [4.69, 9.17) is 5.73 Å². The third-order valence-corrected chi connectivity index (χ3v) is 2.70. The minimum atomic E-state index is 0.251. The van der Waals surface area contributed by atoms with Crippen molar-refractivity contribution in [2.75, 3.05) is 5.73 Å². The number of nitrogens with zero attached hydrogens (tertiary/aromatic N) is 1. The molecule has 0 bridgehead atoms. The van der Waals surface area contributed by atoms with Crippen molar-refractivity contribution < 1.29 is 5.11 Å². The van der Waals surface area contributed by atoms with Gasteiger partial charge >= 0.3 is 0 Å². The SMILES string of the molecule is Nc1ccc(-c2cc3ccc(O)cc3[nH]2)cn1. The van der Waals surface area contributed by atoms with Crippen LogP contribution in [0, 0.1) is 0 Å². The van der Waals surface area contributed by atoms with Crippen molar-refractivity contribution in [2.24, 2.45) is 0 Å². The summed E-state index contributed by atoms with van der Waals surface area (Å²) in [6, 6.07) is 10.9. The molecule has 2 heterocycles. The van der Waals surface area contributed by atoms with Crippen molar-refractivity contribution in [1.29, 1.82) is 0 Å². The molecular weight excluding hydrogens is 214 g/mol. The van der Waals surface area contributed by atoms with Crippen molar-refractivity contribution in [3.05, 3.63) is 42.6 Å². The first-order valence-electron chi connectivity index (χ1n) is 5.26. The van der Waals surface area contributed by atoms with Gasteiger partial charge in [-0.1, -0.05) is 0 Å². The lowest BCUT2D eigenvalue weighted by atomic mass is 10.2. The number of aromatic amines is 1. The zero-order valence-corrected chi connectivity index (χ0v) is 9.01. The first-order chi connectivity index (χ1) is 8.22. The molecule has 0 saturated carbocycles. The lowest BCUT2D eigenvalue weighted by Gasteiger charge is -1.97. The first-order valence-corrected chi connectivity index (χ1v) is 5.26. The predicted octanol–water partition coefficient (Wildman–Crippen LogP) is 2.52. The van der Waals surface area contributed by atoms with Crippen LogP contribution in [0.2, 0.25) is 0 Å². The summed E-state index contributed by atoms with van der Waals surface area (Å²) >= 11 is 0. The Morgan fingerprint density at radius 1 is 1.12 bits per heavy atom. The van der Waals surface area contributed by atoms with Gasteiger partial charge in [0.25, 0.3) is 0 Å². The molecule has 17 heavy (non-hydrogen) atoms. The molecule has 3 aromatic rings. The zero-order valence-electron chi connectivity index (χ0n) is 9.01. The van der Waals surface area contributed by atoms with Gasteiger partial charge in [0.05, 0.1) is 0 Å². The number of phenols is 1. The first kappa shape index (κ1) is 9.72. The third-order valence-electron chi connectivity index (χ3n) is 2.70. The minimum Gasteiger partial charge on any atom is -0.508 e. The molecule has 0 aliphatic carbocycles.